The van der Waals surface area contributed by atoms with Crippen LogP contribution in [0, 0.1) is 18.3 Å². The number of rotatable bonds is 3. The van der Waals surface area contributed by atoms with Crippen LogP contribution in [0.25, 0.3) is 0 Å². The largest absolute Gasteiger partial charge is 0.465 e. The van der Waals surface area contributed by atoms with Gasteiger partial charge < -0.3 is 19.8 Å². The number of ether oxygens (including phenoxy) is 1. The molecule has 0 spiro atoms. The summed E-state index contributed by atoms with van der Waals surface area (Å²) >= 11 is 5.26. The van der Waals surface area contributed by atoms with Crippen LogP contribution in [0.1, 0.15) is 53.8 Å². The summed E-state index contributed by atoms with van der Waals surface area (Å²) in [6, 6.07) is 2.31. The van der Waals surface area contributed by atoms with Crippen LogP contribution in [0.5, 0.6) is 0 Å². The SMILES string of the molecule is COC(=O)c1c(C)oc(NC(=S)NC2CCCCC2)c1C#N. The van der Waals surface area contributed by atoms with Crippen molar-refractivity contribution in [1.29, 1.82) is 5.26 Å². The lowest BCUT2D eigenvalue weighted by atomic mass is 9.96. The van der Waals surface area contributed by atoms with Gasteiger partial charge in [0.15, 0.2) is 5.11 Å². The topological polar surface area (TPSA) is 87.3 Å². The first-order valence-corrected chi connectivity index (χ1v) is 7.67. The van der Waals surface area contributed by atoms with E-state index >= 15 is 0 Å². The van der Waals surface area contributed by atoms with Crippen LogP contribution >= 0.6 is 12.2 Å². The first kappa shape index (κ1) is 16.3. The minimum Gasteiger partial charge on any atom is -0.465 e. The highest BCUT2D eigenvalue weighted by Crippen LogP contribution is 2.27. The molecule has 0 aromatic carbocycles. The number of carbonyl (C=O) groups is 1. The molecule has 0 atom stereocenters. The van der Waals surface area contributed by atoms with E-state index < -0.39 is 5.97 Å². The van der Waals surface area contributed by atoms with Crippen molar-refractivity contribution in [3.8, 4) is 6.07 Å². The summed E-state index contributed by atoms with van der Waals surface area (Å²) in [7, 11) is 1.26. The molecule has 22 heavy (non-hydrogen) atoms. The lowest BCUT2D eigenvalue weighted by Crippen LogP contribution is -2.38. The lowest BCUT2D eigenvalue weighted by Gasteiger charge is -2.24. The number of nitrogens with one attached hydrogen (secondary N) is 2. The third-order valence-electron chi connectivity index (χ3n) is 3.75. The minimum atomic E-state index is -0.600. The first-order chi connectivity index (χ1) is 10.6. The predicted octanol–water partition coefficient (Wildman–Crippen LogP) is 2.87. The second-order valence-corrected chi connectivity index (χ2v) is 5.68. The van der Waals surface area contributed by atoms with Gasteiger partial charge in [-0.3, -0.25) is 0 Å². The Balaban J connectivity index is 2.10. The number of esters is 1. The Morgan fingerprint density at radius 1 is 1.41 bits per heavy atom. The predicted molar refractivity (Wildman–Crippen MR) is 85.7 cm³/mol. The number of nitriles is 1. The van der Waals surface area contributed by atoms with Gasteiger partial charge >= 0.3 is 5.97 Å². The summed E-state index contributed by atoms with van der Waals surface area (Å²) in [5.41, 5.74) is 0.241. The molecule has 1 heterocycles. The minimum absolute atomic E-state index is 0.108. The van der Waals surface area contributed by atoms with Crippen LogP contribution in [0.4, 0.5) is 5.88 Å². The molecule has 1 aliphatic rings. The van der Waals surface area contributed by atoms with E-state index in [1.807, 2.05) is 6.07 Å². The Morgan fingerprint density at radius 3 is 2.68 bits per heavy atom. The van der Waals surface area contributed by atoms with E-state index in [0.717, 1.165) is 12.8 Å². The molecule has 6 nitrogen and oxygen atoms in total. The first-order valence-electron chi connectivity index (χ1n) is 7.26. The van der Waals surface area contributed by atoms with Gasteiger partial charge in [0.05, 0.1) is 7.11 Å². The number of carbonyl (C=O) groups excluding carboxylic acids is 1. The molecule has 1 aromatic rings. The zero-order valence-corrected chi connectivity index (χ0v) is 13.5. The van der Waals surface area contributed by atoms with Gasteiger partial charge in [0.1, 0.15) is 23.0 Å². The van der Waals surface area contributed by atoms with Crippen LogP contribution < -0.4 is 10.6 Å². The van der Waals surface area contributed by atoms with Gasteiger partial charge in [-0.15, -0.1) is 0 Å². The summed E-state index contributed by atoms with van der Waals surface area (Å²) < 4.78 is 10.1. The lowest BCUT2D eigenvalue weighted by molar-refractivity contribution is 0.0598. The second-order valence-electron chi connectivity index (χ2n) is 5.27. The Kier molecular flexibility index (Phi) is 5.39. The maximum atomic E-state index is 11.7. The van der Waals surface area contributed by atoms with Crippen LogP contribution in [0.3, 0.4) is 0 Å². The van der Waals surface area contributed by atoms with Crippen LogP contribution in [0.2, 0.25) is 0 Å². The molecule has 1 aliphatic carbocycles. The molecule has 118 valence electrons. The highest BCUT2D eigenvalue weighted by Gasteiger charge is 2.25. The molecular weight excluding hydrogens is 302 g/mol. The van der Waals surface area contributed by atoms with E-state index in [0.29, 0.717) is 16.9 Å². The molecule has 1 fully saturated rings. The zero-order chi connectivity index (χ0) is 16.1. The number of aryl methyl sites for hydroxylation is 1. The van der Waals surface area contributed by atoms with Gasteiger partial charge in [-0.1, -0.05) is 19.3 Å². The van der Waals surface area contributed by atoms with E-state index in [4.69, 9.17) is 16.6 Å². The molecule has 0 aliphatic heterocycles. The van der Waals surface area contributed by atoms with E-state index in [1.54, 1.807) is 6.92 Å². The zero-order valence-electron chi connectivity index (χ0n) is 12.7. The normalized spacial score (nSPS) is 15.0. The third-order valence-corrected chi connectivity index (χ3v) is 3.97. The van der Waals surface area contributed by atoms with Gasteiger partial charge in [0.25, 0.3) is 0 Å². The molecule has 0 amide bonds. The van der Waals surface area contributed by atoms with Gasteiger partial charge in [0, 0.05) is 6.04 Å². The molecule has 0 radical (unpaired) electrons. The standard InChI is InChI=1S/C15H19N3O3S/c1-9-12(14(19)20-2)11(8-16)13(21-9)18-15(22)17-10-6-4-3-5-7-10/h10H,3-7H2,1-2H3,(H2,17,18,22). The van der Waals surface area contributed by atoms with Crippen molar-refractivity contribution in [2.75, 3.05) is 12.4 Å². The van der Waals surface area contributed by atoms with E-state index in [2.05, 4.69) is 15.4 Å². The van der Waals surface area contributed by atoms with Gasteiger partial charge in [0.2, 0.25) is 5.88 Å². The van der Waals surface area contributed by atoms with E-state index in [-0.39, 0.29) is 17.0 Å². The van der Waals surface area contributed by atoms with Crippen molar-refractivity contribution >= 4 is 29.2 Å². The average Bonchev–Trinajstić information content (AvgIpc) is 2.82. The average molecular weight is 321 g/mol. The Hall–Kier alpha value is -2.07. The number of hydrogen-bond donors (Lipinski definition) is 2. The highest BCUT2D eigenvalue weighted by molar-refractivity contribution is 7.80. The molecular formula is C15H19N3O3S. The number of furan rings is 1. The molecule has 7 heteroatoms. The van der Waals surface area contributed by atoms with Gasteiger partial charge in [-0.25, -0.2) is 4.79 Å². The number of hydrogen-bond acceptors (Lipinski definition) is 5. The fraction of sp³-hybridized carbons (Fsp3) is 0.533. The maximum absolute atomic E-state index is 11.7. The highest BCUT2D eigenvalue weighted by atomic mass is 32.1. The van der Waals surface area contributed by atoms with E-state index in [1.165, 1.54) is 26.4 Å². The van der Waals surface area contributed by atoms with Gasteiger partial charge in [-0.05, 0) is 32.0 Å². The molecule has 0 bridgehead atoms. The second kappa shape index (κ2) is 7.27. The van der Waals surface area contributed by atoms with Crippen molar-refractivity contribution in [1.82, 2.24) is 5.32 Å². The number of anilines is 1. The summed E-state index contributed by atoms with van der Waals surface area (Å²) in [6.45, 7) is 1.61. The van der Waals surface area contributed by atoms with Crippen LogP contribution in [0.15, 0.2) is 4.42 Å². The summed E-state index contributed by atoms with van der Waals surface area (Å²) in [4.78, 5) is 11.7. The summed E-state index contributed by atoms with van der Waals surface area (Å²) in [5, 5.41) is 15.8. The summed E-state index contributed by atoms with van der Waals surface area (Å²) in [6.07, 6.45) is 5.80. The van der Waals surface area contributed by atoms with Crippen molar-refractivity contribution in [2.24, 2.45) is 0 Å². The number of nitrogens with zero attached hydrogens (tertiary/aromatic N) is 1. The van der Waals surface area contributed by atoms with Crippen molar-refractivity contribution in [3.63, 3.8) is 0 Å². The molecule has 2 N–H and O–H groups in total. The van der Waals surface area contributed by atoms with Crippen molar-refractivity contribution in [3.05, 3.63) is 16.9 Å². The van der Waals surface area contributed by atoms with Crippen molar-refractivity contribution < 1.29 is 13.9 Å². The molecule has 0 saturated heterocycles. The fourth-order valence-corrected chi connectivity index (χ4v) is 2.92. The smallest absolute Gasteiger partial charge is 0.342 e. The summed E-state index contributed by atoms with van der Waals surface area (Å²) in [5.74, 6) is -0.0999. The van der Waals surface area contributed by atoms with Crippen molar-refractivity contribution in [2.45, 2.75) is 45.1 Å². The Morgan fingerprint density at radius 2 is 2.09 bits per heavy atom. The van der Waals surface area contributed by atoms with Crippen LogP contribution in [-0.2, 0) is 4.74 Å². The molecule has 1 aromatic heterocycles. The Bertz CT molecular complexity index is 612. The number of methoxy groups -OCH3 is 1. The number of thiocarbonyl (C=S) groups is 1. The quantitative estimate of drug-likeness (QED) is 0.654. The monoisotopic (exact) mass is 321 g/mol. The molecule has 2 rings (SSSR count). The fourth-order valence-electron chi connectivity index (χ4n) is 2.66. The third kappa shape index (κ3) is 3.57. The Labute approximate surface area is 134 Å². The molecule has 0 unspecified atom stereocenters. The molecule has 1 saturated carbocycles. The van der Waals surface area contributed by atoms with Crippen LogP contribution in [-0.4, -0.2) is 24.2 Å². The van der Waals surface area contributed by atoms with Gasteiger partial charge in [-0.2, -0.15) is 5.26 Å². The maximum Gasteiger partial charge on any atom is 0.342 e. The van der Waals surface area contributed by atoms with E-state index in [9.17, 15) is 10.1 Å².